The third-order valence-corrected chi connectivity index (χ3v) is 6.95. The van der Waals surface area contributed by atoms with Gasteiger partial charge in [-0.3, -0.25) is 0 Å². The molecule has 2 aromatic heterocycles. The van der Waals surface area contributed by atoms with Crippen LogP contribution in [0.4, 0.5) is 5.82 Å². The van der Waals surface area contributed by atoms with Gasteiger partial charge in [0, 0.05) is 15.9 Å². The number of phenols is 2. The summed E-state index contributed by atoms with van der Waals surface area (Å²) in [7, 11) is 0. The molecule has 0 atom stereocenters. The van der Waals surface area contributed by atoms with Crippen LogP contribution in [0.1, 0.15) is 19.3 Å². The van der Waals surface area contributed by atoms with Crippen molar-refractivity contribution >= 4 is 44.7 Å². The highest BCUT2D eigenvalue weighted by Gasteiger charge is 2.20. The number of hydrogen-bond donors (Lipinski definition) is 4. The van der Waals surface area contributed by atoms with E-state index in [0.29, 0.717) is 27.4 Å². The maximum absolute atomic E-state index is 9.87. The van der Waals surface area contributed by atoms with Crippen LogP contribution < -0.4 is 11.1 Å². The summed E-state index contributed by atoms with van der Waals surface area (Å²) in [5.74, 6) is 0.661. The average Bonchev–Trinajstić information content (AvgIpc) is 3.04. The first-order valence-corrected chi connectivity index (χ1v) is 10.7. The Kier molecular flexibility index (Phi) is 5.61. The third kappa shape index (κ3) is 3.89. The topological polar surface area (TPSA) is 122 Å². The maximum atomic E-state index is 9.87. The molecule has 3 heterocycles. The van der Waals surface area contributed by atoms with Gasteiger partial charge in [0.25, 0.3) is 0 Å². The monoisotopic (exact) mass is 464 g/mol. The van der Waals surface area contributed by atoms with E-state index >= 15 is 0 Å². The van der Waals surface area contributed by atoms with E-state index in [1.165, 1.54) is 43.1 Å². The molecule has 1 aliphatic rings. The van der Waals surface area contributed by atoms with E-state index in [4.69, 9.17) is 5.73 Å². The summed E-state index contributed by atoms with van der Waals surface area (Å²) in [6.07, 6.45) is 4.83. The predicted octanol–water partition coefficient (Wildman–Crippen LogP) is 3.12. The van der Waals surface area contributed by atoms with Gasteiger partial charge in [-0.2, -0.15) is 0 Å². The quantitative estimate of drug-likeness (QED) is 0.424. The molecule has 0 bridgehead atoms. The zero-order chi connectivity index (χ0) is 19.7. The van der Waals surface area contributed by atoms with Gasteiger partial charge in [0.2, 0.25) is 0 Å². The van der Waals surface area contributed by atoms with E-state index in [-0.39, 0.29) is 11.5 Å². The van der Waals surface area contributed by atoms with Crippen molar-refractivity contribution < 1.29 is 10.2 Å². The predicted molar refractivity (Wildman–Crippen MR) is 112 cm³/mol. The maximum Gasteiger partial charge on any atom is 0.175 e. The van der Waals surface area contributed by atoms with Crippen molar-refractivity contribution in [2.75, 3.05) is 18.8 Å². The number of hydrogen-bond acceptors (Lipinski definition) is 8. The second-order valence-electron chi connectivity index (χ2n) is 6.83. The fourth-order valence-electron chi connectivity index (χ4n) is 3.40. The summed E-state index contributed by atoms with van der Waals surface area (Å²) in [6, 6.07) is 2.98. The lowest BCUT2D eigenvalue weighted by atomic mass is 9.95. The van der Waals surface area contributed by atoms with Crippen molar-refractivity contribution in [3.8, 4) is 11.5 Å². The average molecular weight is 465 g/mol. The van der Waals surface area contributed by atoms with Crippen LogP contribution in [0.3, 0.4) is 0 Å². The van der Waals surface area contributed by atoms with E-state index in [9.17, 15) is 10.2 Å². The Morgan fingerprint density at radius 1 is 1.21 bits per heavy atom. The van der Waals surface area contributed by atoms with Crippen molar-refractivity contribution in [1.29, 1.82) is 0 Å². The Morgan fingerprint density at radius 3 is 2.75 bits per heavy atom. The molecule has 1 fully saturated rings. The second-order valence-corrected chi connectivity index (χ2v) is 8.70. The van der Waals surface area contributed by atoms with Crippen LogP contribution in [0.15, 0.2) is 33.0 Å². The first-order chi connectivity index (χ1) is 13.5. The third-order valence-electron chi connectivity index (χ3n) is 4.98. The fourth-order valence-corrected chi connectivity index (χ4v) is 4.93. The number of halogens is 1. The minimum Gasteiger partial charge on any atom is -0.504 e. The Hall–Kier alpha value is -2.04. The van der Waals surface area contributed by atoms with Crippen molar-refractivity contribution in [3.63, 3.8) is 0 Å². The number of nitrogens with two attached hydrogens (primary N) is 1. The van der Waals surface area contributed by atoms with Gasteiger partial charge in [0.15, 0.2) is 33.6 Å². The summed E-state index contributed by atoms with van der Waals surface area (Å²) in [6.45, 7) is 2.90. The van der Waals surface area contributed by atoms with Crippen LogP contribution in [-0.4, -0.2) is 42.8 Å². The Balaban J connectivity index is 1.68. The molecule has 8 nitrogen and oxygen atoms in total. The van der Waals surface area contributed by atoms with Gasteiger partial charge < -0.3 is 25.8 Å². The zero-order valence-electron chi connectivity index (χ0n) is 15.1. The highest BCUT2D eigenvalue weighted by Crippen LogP contribution is 2.40. The first kappa shape index (κ1) is 19.3. The minimum absolute atomic E-state index is 0.175. The second kappa shape index (κ2) is 8.14. The molecule has 0 saturated carbocycles. The molecule has 1 saturated heterocycles. The molecule has 0 spiro atoms. The number of benzene rings is 1. The number of fused-ring (bicyclic) bond motifs is 1. The largest absolute Gasteiger partial charge is 0.504 e. The lowest BCUT2D eigenvalue weighted by Crippen LogP contribution is -2.28. The molecule has 148 valence electrons. The number of anilines is 1. The van der Waals surface area contributed by atoms with Gasteiger partial charge in [-0.25, -0.2) is 15.0 Å². The molecular weight excluding hydrogens is 444 g/mol. The summed E-state index contributed by atoms with van der Waals surface area (Å²) in [4.78, 5) is 13.9. The summed E-state index contributed by atoms with van der Waals surface area (Å²) in [5.41, 5.74) is 7.31. The number of aromatic hydroxyl groups is 2. The van der Waals surface area contributed by atoms with Gasteiger partial charge in [0.1, 0.15) is 6.33 Å². The van der Waals surface area contributed by atoms with Crippen LogP contribution in [0, 0.1) is 5.92 Å². The number of imidazole rings is 1. The number of nitrogens with zero attached hydrogens (tertiary/aromatic N) is 4. The molecule has 3 aromatic rings. The minimum atomic E-state index is -0.178. The molecule has 28 heavy (non-hydrogen) atoms. The van der Waals surface area contributed by atoms with E-state index < -0.39 is 0 Å². The molecule has 0 aliphatic carbocycles. The Morgan fingerprint density at radius 2 is 1.96 bits per heavy atom. The molecule has 10 heteroatoms. The highest BCUT2D eigenvalue weighted by atomic mass is 79.9. The Bertz CT molecular complexity index is 1010. The number of aryl methyl sites for hydroxylation is 1. The molecule has 0 unspecified atom stereocenters. The van der Waals surface area contributed by atoms with E-state index in [1.54, 1.807) is 0 Å². The highest BCUT2D eigenvalue weighted by molar-refractivity contribution is 9.10. The molecule has 0 amide bonds. The van der Waals surface area contributed by atoms with Crippen LogP contribution in [0.25, 0.3) is 11.2 Å². The van der Waals surface area contributed by atoms with E-state index in [0.717, 1.165) is 36.1 Å². The lowest BCUT2D eigenvalue weighted by molar-refractivity contribution is 0.335. The van der Waals surface area contributed by atoms with Crippen LogP contribution in [-0.2, 0) is 6.54 Å². The summed E-state index contributed by atoms with van der Waals surface area (Å²) in [5, 5.41) is 23.7. The van der Waals surface area contributed by atoms with Gasteiger partial charge in [-0.15, -0.1) is 0 Å². The van der Waals surface area contributed by atoms with Gasteiger partial charge >= 0.3 is 0 Å². The van der Waals surface area contributed by atoms with Gasteiger partial charge in [-0.1, -0.05) is 11.8 Å². The molecule has 5 N–H and O–H groups in total. The standard InChI is InChI=1S/C18H21BrN6O2S/c19-11-7-12(26)13(27)8-14(11)28-18-24-15-16(20)22-9-23-17(15)25(18)6-3-10-1-4-21-5-2-10/h7-10,21,26-27H,1-6H2,(H2,20,22,23). The van der Waals surface area contributed by atoms with Crippen LogP contribution in [0.2, 0.25) is 0 Å². The van der Waals surface area contributed by atoms with Crippen LogP contribution in [0.5, 0.6) is 11.5 Å². The van der Waals surface area contributed by atoms with Gasteiger partial charge in [0.05, 0.1) is 0 Å². The zero-order valence-corrected chi connectivity index (χ0v) is 17.5. The van der Waals surface area contributed by atoms with Crippen molar-refractivity contribution in [2.24, 2.45) is 5.92 Å². The SMILES string of the molecule is Nc1ncnc2c1nc(Sc1cc(O)c(O)cc1Br)n2CCC1CCNCC1. The van der Waals surface area contributed by atoms with Crippen LogP contribution >= 0.6 is 27.7 Å². The normalized spacial score (nSPS) is 15.3. The number of rotatable bonds is 5. The molecule has 1 aromatic carbocycles. The number of nitrogens with one attached hydrogen (secondary N) is 1. The fraction of sp³-hybridized carbons (Fsp3) is 0.389. The van der Waals surface area contributed by atoms with Crippen molar-refractivity contribution in [2.45, 2.75) is 35.9 Å². The molecule has 0 radical (unpaired) electrons. The lowest BCUT2D eigenvalue weighted by Gasteiger charge is -2.23. The van der Waals surface area contributed by atoms with E-state index in [1.807, 2.05) is 0 Å². The smallest absolute Gasteiger partial charge is 0.175 e. The van der Waals surface area contributed by atoms with Gasteiger partial charge in [-0.05, 0) is 66.3 Å². The van der Waals surface area contributed by atoms with E-state index in [2.05, 4.69) is 40.8 Å². The van der Waals surface area contributed by atoms with Crippen molar-refractivity contribution in [1.82, 2.24) is 24.8 Å². The molecular formula is C18H21BrN6O2S. The number of nitrogen functional groups attached to an aromatic ring is 1. The number of aromatic nitrogens is 4. The first-order valence-electron chi connectivity index (χ1n) is 9.09. The summed E-state index contributed by atoms with van der Waals surface area (Å²) < 4.78 is 2.74. The summed E-state index contributed by atoms with van der Waals surface area (Å²) >= 11 is 4.82. The Labute approximate surface area is 174 Å². The number of piperidine rings is 1. The number of phenolic OH excluding ortho intramolecular Hbond substituents is 2. The molecule has 4 rings (SSSR count). The van der Waals surface area contributed by atoms with Crippen molar-refractivity contribution in [3.05, 3.63) is 22.9 Å². The molecule has 1 aliphatic heterocycles.